The van der Waals surface area contributed by atoms with Crippen molar-refractivity contribution in [2.24, 2.45) is 0 Å². The van der Waals surface area contributed by atoms with E-state index in [1.54, 1.807) is 36.5 Å². The summed E-state index contributed by atoms with van der Waals surface area (Å²) in [6.45, 7) is 0.409. The number of ketones is 1. The summed E-state index contributed by atoms with van der Waals surface area (Å²) in [4.78, 5) is 30.9. The van der Waals surface area contributed by atoms with E-state index in [9.17, 15) is 9.59 Å². The smallest absolute Gasteiger partial charge is 0.200 e. The van der Waals surface area contributed by atoms with Crippen molar-refractivity contribution in [3.05, 3.63) is 98.5 Å². The molecule has 31 heavy (non-hydrogen) atoms. The van der Waals surface area contributed by atoms with Gasteiger partial charge in [0.15, 0.2) is 17.3 Å². The van der Waals surface area contributed by atoms with Crippen molar-refractivity contribution in [2.75, 3.05) is 14.2 Å². The summed E-state index contributed by atoms with van der Waals surface area (Å²) in [7, 11) is 3.03. The van der Waals surface area contributed by atoms with Crippen LogP contribution in [0.4, 0.5) is 0 Å². The number of pyridine rings is 2. The Hall–Kier alpha value is -3.45. The van der Waals surface area contributed by atoms with Gasteiger partial charge < -0.3 is 14.0 Å². The van der Waals surface area contributed by atoms with Crippen molar-refractivity contribution in [1.82, 2.24) is 9.55 Å². The minimum Gasteiger partial charge on any atom is -0.493 e. The van der Waals surface area contributed by atoms with Gasteiger partial charge in [-0.15, -0.1) is 0 Å². The van der Waals surface area contributed by atoms with Crippen LogP contribution < -0.4 is 14.9 Å². The molecular formula is C24H19BrN2O4. The van der Waals surface area contributed by atoms with Crippen molar-refractivity contribution in [3.63, 3.8) is 0 Å². The molecule has 4 aromatic rings. The summed E-state index contributed by atoms with van der Waals surface area (Å²) >= 11 is 3.38. The van der Waals surface area contributed by atoms with Crippen molar-refractivity contribution in [2.45, 2.75) is 6.54 Å². The van der Waals surface area contributed by atoms with Gasteiger partial charge in [0.1, 0.15) is 4.60 Å². The van der Waals surface area contributed by atoms with E-state index >= 15 is 0 Å². The van der Waals surface area contributed by atoms with Crippen molar-refractivity contribution >= 4 is 32.6 Å². The third-order valence-electron chi connectivity index (χ3n) is 4.98. The van der Waals surface area contributed by atoms with Gasteiger partial charge in [0, 0.05) is 17.1 Å². The second-order valence-electron chi connectivity index (χ2n) is 6.87. The minimum atomic E-state index is -0.382. The van der Waals surface area contributed by atoms with E-state index in [-0.39, 0.29) is 16.8 Å². The molecule has 156 valence electrons. The molecule has 0 unspecified atom stereocenters. The van der Waals surface area contributed by atoms with Gasteiger partial charge in [0.2, 0.25) is 5.43 Å². The molecule has 0 amide bonds. The minimum absolute atomic E-state index is 0.0842. The fourth-order valence-corrected chi connectivity index (χ4v) is 3.86. The molecule has 0 N–H and O–H groups in total. The lowest BCUT2D eigenvalue weighted by Gasteiger charge is -2.14. The van der Waals surface area contributed by atoms with Gasteiger partial charge in [0.05, 0.1) is 37.5 Å². The number of rotatable bonds is 6. The topological polar surface area (TPSA) is 70.4 Å². The molecule has 2 heterocycles. The molecule has 0 aliphatic carbocycles. The van der Waals surface area contributed by atoms with Crippen molar-refractivity contribution < 1.29 is 14.3 Å². The lowest BCUT2D eigenvalue weighted by atomic mass is 10.0. The third-order valence-corrected chi connectivity index (χ3v) is 5.42. The molecule has 2 aromatic carbocycles. The standard InChI is InChI=1S/C24H19BrN2O4/c1-30-20-11-10-15(12-21(20)31-2)23(28)18-14-27(13-16-6-5-9-22(25)26-16)19-8-4-3-7-17(19)24(18)29/h3-12,14H,13H2,1-2H3. The number of nitrogens with zero attached hydrogens (tertiary/aromatic N) is 2. The number of para-hydroxylation sites is 1. The highest BCUT2D eigenvalue weighted by Gasteiger charge is 2.19. The van der Waals surface area contributed by atoms with Gasteiger partial charge in [-0.05, 0) is 58.4 Å². The summed E-state index contributed by atoms with van der Waals surface area (Å²) in [5, 5.41) is 0.476. The third kappa shape index (κ3) is 4.09. The van der Waals surface area contributed by atoms with Crippen molar-refractivity contribution in [3.8, 4) is 11.5 Å². The Labute approximate surface area is 187 Å². The number of halogens is 1. The molecule has 0 saturated heterocycles. The summed E-state index contributed by atoms with van der Waals surface area (Å²) < 4.78 is 13.1. The molecule has 0 fully saturated rings. The number of hydrogen-bond donors (Lipinski definition) is 0. The van der Waals surface area contributed by atoms with Crippen LogP contribution in [0.3, 0.4) is 0 Å². The van der Waals surface area contributed by atoms with Crippen LogP contribution in [0.1, 0.15) is 21.6 Å². The average molecular weight is 479 g/mol. The maximum Gasteiger partial charge on any atom is 0.200 e. The fraction of sp³-hybridized carbons (Fsp3) is 0.125. The maximum absolute atomic E-state index is 13.3. The van der Waals surface area contributed by atoms with Crippen LogP contribution in [-0.4, -0.2) is 29.6 Å². The molecule has 7 heteroatoms. The number of carbonyl (C=O) groups is 1. The highest BCUT2D eigenvalue weighted by Crippen LogP contribution is 2.28. The lowest BCUT2D eigenvalue weighted by Crippen LogP contribution is -2.20. The number of aromatic nitrogens is 2. The average Bonchev–Trinajstić information content (AvgIpc) is 2.80. The van der Waals surface area contributed by atoms with Crippen LogP contribution in [0.2, 0.25) is 0 Å². The van der Waals surface area contributed by atoms with Crippen molar-refractivity contribution in [1.29, 1.82) is 0 Å². The largest absolute Gasteiger partial charge is 0.493 e. The van der Waals surface area contributed by atoms with E-state index in [0.29, 0.717) is 29.0 Å². The van der Waals surface area contributed by atoms with Crippen LogP contribution in [0.15, 0.2) is 76.3 Å². The van der Waals surface area contributed by atoms with Gasteiger partial charge >= 0.3 is 0 Å². The Morgan fingerprint density at radius 1 is 1.00 bits per heavy atom. The second kappa shape index (κ2) is 8.73. The van der Waals surface area contributed by atoms with Crippen LogP contribution >= 0.6 is 15.9 Å². The highest BCUT2D eigenvalue weighted by atomic mass is 79.9. The van der Waals surface area contributed by atoms with Gasteiger partial charge in [-0.3, -0.25) is 9.59 Å². The number of benzene rings is 2. The van der Waals surface area contributed by atoms with E-state index in [1.807, 2.05) is 34.9 Å². The number of carbonyl (C=O) groups excluding carboxylic acids is 1. The Morgan fingerprint density at radius 2 is 1.77 bits per heavy atom. The number of ether oxygens (including phenoxy) is 2. The summed E-state index contributed by atoms with van der Waals surface area (Å²) in [5.41, 5.74) is 1.65. The molecular weight excluding hydrogens is 460 g/mol. The van der Waals surface area contributed by atoms with E-state index in [2.05, 4.69) is 20.9 Å². The second-order valence-corrected chi connectivity index (χ2v) is 7.68. The van der Waals surface area contributed by atoms with E-state index in [0.717, 1.165) is 15.8 Å². The SMILES string of the molecule is COc1ccc(C(=O)c2cn(Cc3cccc(Br)n3)c3ccccc3c2=O)cc1OC. The first-order chi connectivity index (χ1) is 15.0. The van der Waals surface area contributed by atoms with Crippen LogP contribution in [-0.2, 0) is 6.54 Å². The quantitative estimate of drug-likeness (QED) is 0.302. The zero-order valence-electron chi connectivity index (χ0n) is 17.0. The van der Waals surface area contributed by atoms with Crippen LogP contribution in [0.25, 0.3) is 10.9 Å². The van der Waals surface area contributed by atoms with Gasteiger partial charge in [-0.2, -0.15) is 0 Å². The predicted molar refractivity (Wildman–Crippen MR) is 122 cm³/mol. The first-order valence-electron chi connectivity index (χ1n) is 9.52. The fourth-order valence-electron chi connectivity index (χ4n) is 3.48. The maximum atomic E-state index is 13.3. The van der Waals surface area contributed by atoms with Gasteiger partial charge in [-0.1, -0.05) is 18.2 Å². The molecule has 4 rings (SSSR count). The molecule has 0 bridgehead atoms. The highest BCUT2D eigenvalue weighted by molar-refractivity contribution is 9.10. The summed E-state index contributed by atoms with van der Waals surface area (Å²) in [6, 6.07) is 17.7. The number of hydrogen-bond acceptors (Lipinski definition) is 5. The van der Waals surface area contributed by atoms with Crippen LogP contribution in [0, 0.1) is 0 Å². The Bertz CT molecular complexity index is 1350. The molecule has 0 spiro atoms. The normalized spacial score (nSPS) is 10.8. The molecule has 0 radical (unpaired) electrons. The summed E-state index contributed by atoms with van der Waals surface area (Å²) in [5.74, 6) is 0.552. The number of fused-ring (bicyclic) bond motifs is 1. The summed E-state index contributed by atoms with van der Waals surface area (Å²) in [6.07, 6.45) is 1.60. The number of methoxy groups -OCH3 is 2. The zero-order chi connectivity index (χ0) is 22.0. The monoisotopic (exact) mass is 478 g/mol. The molecule has 0 aliphatic rings. The van der Waals surface area contributed by atoms with Crippen LogP contribution in [0.5, 0.6) is 11.5 Å². The predicted octanol–water partition coefficient (Wildman–Crippen LogP) is 4.46. The van der Waals surface area contributed by atoms with E-state index in [4.69, 9.17) is 9.47 Å². The van der Waals surface area contributed by atoms with Gasteiger partial charge in [-0.25, -0.2) is 4.98 Å². The zero-order valence-corrected chi connectivity index (χ0v) is 18.5. The molecule has 0 atom stereocenters. The first kappa shape index (κ1) is 20.8. The molecule has 0 saturated carbocycles. The van der Waals surface area contributed by atoms with E-state index in [1.165, 1.54) is 14.2 Å². The Morgan fingerprint density at radius 3 is 2.52 bits per heavy atom. The van der Waals surface area contributed by atoms with Gasteiger partial charge in [0.25, 0.3) is 0 Å². The van der Waals surface area contributed by atoms with E-state index < -0.39 is 0 Å². The molecule has 2 aromatic heterocycles. The molecule has 0 aliphatic heterocycles. The lowest BCUT2D eigenvalue weighted by molar-refractivity contribution is 0.103. The molecule has 6 nitrogen and oxygen atoms in total. The Kier molecular flexibility index (Phi) is 5.86. The first-order valence-corrected chi connectivity index (χ1v) is 10.3. The Balaban J connectivity index is 1.85.